The molecule has 0 heterocycles. The van der Waals surface area contributed by atoms with Gasteiger partial charge in [-0.15, -0.1) is 0 Å². The summed E-state index contributed by atoms with van der Waals surface area (Å²) >= 11 is 0. The van der Waals surface area contributed by atoms with Crippen LogP contribution in [0.5, 0.6) is 0 Å². The fourth-order valence-corrected chi connectivity index (χ4v) is 1.91. The van der Waals surface area contributed by atoms with Crippen LogP contribution in [0.4, 0.5) is 0 Å². The van der Waals surface area contributed by atoms with Crippen LogP contribution in [0, 0.1) is 10.8 Å². The summed E-state index contributed by atoms with van der Waals surface area (Å²) in [6.45, 7) is 9.43. The molecule has 2 amide bonds. The highest BCUT2D eigenvalue weighted by Crippen LogP contribution is 2.10. The molecule has 0 atom stereocenters. The average Bonchev–Trinajstić information content (AvgIpc) is 2.71. The smallest absolute Gasteiger partial charge is 0.417 e. The van der Waals surface area contributed by atoms with Gasteiger partial charge in [-0.1, -0.05) is 27.7 Å². The van der Waals surface area contributed by atoms with Crippen molar-refractivity contribution in [3.63, 3.8) is 0 Å². The van der Waals surface area contributed by atoms with E-state index in [2.05, 4.69) is 10.6 Å². The largest absolute Gasteiger partial charge is 0.457 e. The summed E-state index contributed by atoms with van der Waals surface area (Å²) < 4.78 is 9.57. The first-order chi connectivity index (χ1) is 13.9. The van der Waals surface area contributed by atoms with E-state index in [0.717, 1.165) is 0 Å². The monoisotopic (exact) mass is 430 g/mol. The first kappa shape index (κ1) is 27.8. The van der Waals surface area contributed by atoms with E-state index < -0.39 is 11.9 Å². The van der Waals surface area contributed by atoms with Crippen molar-refractivity contribution < 1.29 is 28.7 Å². The zero-order valence-electron chi connectivity index (χ0n) is 18.7. The lowest BCUT2D eigenvalue weighted by atomic mass is 9.94. The Labute approximate surface area is 178 Å². The van der Waals surface area contributed by atoms with E-state index in [1.54, 1.807) is 0 Å². The number of nitrogens with two attached hydrogens (primary N) is 2. The van der Waals surface area contributed by atoms with Gasteiger partial charge >= 0.3 is 11.9 Å². The normalized spacial score (nSPS) is 11.5. The number of nitrogens with one attached hydrogen (secondary N) is 2. The Morgan fingerprint density at radius 2 is 1.03 bits per heavy atom. The van der Waals surface area contributed by atoms with Crippen molar-refractivity contribution in [2.45, 2.75) is 53.4 Å². The minimum absolute atomic E-state index is 0.0685. The number of carbonyl (C=O) groups excluding carboxylic acids is 4. The molecule has 10 heteroatoms. The van der Waals surface area contributed by atoms with E-state index >= 15 is 0 Å². The van der Waals surface area contributed by atoms with Crippen LogP contribution >= 0.6 is 0 Å². The van der Waals surface area contributed by atoms with Crippen molar-refractivity contribution in [3.05, 3.63) is 0 Å². The van der Waals surface area contributed by atoms with Crippen molar-refractivity contribution >= 4 is 23.8 Å². The van der Waals surface area contributed by atoms with Crippen LogP contribution in [0.15, 0.2) is 0 Å². The van der Waals surface area contributed by atoms with Crippen LogP contribution < -0.4 is 22.1 Å². The molecule has 0 aromatic carbocycles. The molecule has 0 aliphatic heterocycles. The molecule has 0 spiro atoms. The number of hydrogen-bond donors (Lipinski definition) is 4. The Morgan fingerprint density at radius 3 is 1.33 bits per heavy atom. The van der Waals surface area contributed by atoms with E-state index in [4.69, 9.17) is 20.9 Å². The third-order valence-electron chi connectivity index (χ3n) is 4.36. The second-order valence-electron chi connectivity index (χ2n) is 8.77. The maximum atomic E-state index is 11.7. The zero-order valence-corrected chi connectivity index (χ0v) is 18.7. The first-order valence-corrected chi connectivity index (χ1v) is 10.2. The van der Waals surface area contributed by atoms with Crippen LogP contribution in [0.1, 0.15) is 53.4 Å². The molecule has 0 fully saturated rings. The van der Waals surface area contributed by atoms with E-state index in [9.17, 15) is 19.2 Å². The first-order valence-electron chi connectivity index (χ1n) is 10.2. The summed E-state index contributed by atoms with van der Waals surface area (Å²) in [6, 6.07) is 0. The highest BCUT2D eigenvalue weighted by atomic mass is 16.6. The van der Waals surface area contributed by atoms with Gasteiger partial charge in [-0.3, -0.25) is 9.59 Å². The van der Waals surface area contributed by atoms with Crippen molar-refractivity contribution in [2.24, 2.45) is 22.3 Å². The number of hydrogen-bond acceptors (Lipinski definition) is 8. The molecule has 10 nitrogen and oxygen atoms in total. The van der Waals surface area contributed by atoms with Gasteiger partial charge in [-0.05, 0) is 36.8 Å². The number of rotatable bonds is 14. The van der Waals surface area contributed by atoms with E-state index in [-0.39, 0.29) is 61.5 Å². The number of esters is 2. The molecule has 0 unspecified atom stereocenters. The Morgan fingerprint density at radius 1 is 0.700 bits per heavy atom. The molecule has 0 aromatic heterocycles. The molecule has 174 valence electrons. The van der Waals surface area contributed by atoms with Gasteiger partial charge in [0.15, 0.2) is 0 Å². The molecule has 6 N–H and O–H groups in total. The topological polar surface area (TPSA) is 163 Å². The third kappa shape index (κ3) is 13.9. The van der Waals surface area contributed by atoms with Crippen LogP contribution in [-0.2, 0) is 28.7 Å². The lowest BCUT2D eigenvalue weighted by Gasteiger charge is -2.22. The summed E-state index contributed by atoms with van der Waals surface area (Å²) in [5.41, 5.74) is 10.8. The maximum absolute atomic E-state index is 11.7. The van der Waals surface area contributed by atoms with Crippen molar-refractivity contribution in [1.29, 1.82) is 0 Å². The second-order valence-corrected chi connectivity index (χ2v) is 8.77. The highest BCUT2D eigenvalue weighted by molar-refractivity contribution is 6.29. The molecule has 0 bridgehead atoms. The third-order valence-corrected chi connectivity index (χ3v) is 4.36. The fourth-order valence-electron chi connectivity index (χ4n) is 1.91. The van der Waals surface area contributed by atoms with Crippen LogP contribution in [0.3, 0.4) is 0 Å². The second kappa shape index (κ2) is 13.9. The van der Waals surface area contributed by atoms with Gasteiger partial charge in [0.05, 0.1) is 13.2 Å². The molecule has 0 rings (SSSR count). The predicted molar refractivity (Wildman–Crippen MR) is 112 cm³/mol. The molecule has 0 aliphatic carbocycles. The molecular formula is C20H38N4O6. The Bertz CT molecular complexity index is 528. The lowest BCUT2D eigenvalue weighted by Crippen LogP contribution is -2.38. The predicted octanol–water partition coefficient (Wildman–Crippen LogP) is -0.165. The van der Waals surface area contributed by atoms with Crippen LogP contribution in [-0.4, -0.2) is 63.1 Å². The quantitative estimate of drug-likeness (QED) is 0.168. The van der Waals surface area contributed by atoms with Gasteiger partial charge in [-0.25, -0.2) is 9.59 Å². The summed E-state index contributed by atoms with van der Waals surface area (Å²) in [4.78, 5) is 46.5. The van der Waals surface area contributed by atoms with Gasteiger partial charge in [-0.2, -0.15) is 0 Å². The van der Waals surface area contributed by atoms with E-state index in [1.807, 2.05) is 27.7 Å². The zero-order chi connectivity index (χ0) is 23.2. The van der Waals surface area contributed by atoms with Gasteiger partial charge in [0.25, 0.3) is 0 Å². The molecular weight excluding hydrogens is 392 g/mol. The molecule has 0 aliphatic rings. The van der Waals surface area contributed by atoms with Crippen molar-refractivity contribution in [3.8, 4) is 0 Å². The van der Waals surface area contributed by atoms with Gasteiger partial charge in [0.2, 0.25) is 11.8 Å². The standard InChI is InChI=1S/C20H38N4O6/c1-19(2,11-21)13-23-15(25)7-5-9-29-17(27)18(28)30-10-6-8-16(26)24-14-20(3,4)12-22/h5-14,21-22H2,1-4H3,(H,23,25)(H,24,26). The Balaban J connectivity index is 3.84. The minimum Gasteiger partial charge on any atom is -0.457 e. The molecule has 0 radical (unpaired) electrons. The number of amides is 2. The Kier molecular flexibility index (Phi) is 12.9. The summed E-state index contributed by atoms with van der Waals surface area (Å²) in [7, 11) is 0. The molecule has 0 saturated carbocycles. The van der Waals surface area contributed by atoms with Gasteiger partial charge < -0.3 is 31.6 Å². The minimum atomic E-state index is -1.12. The Hall–Kier alpha value is -2.20. The lowest BCUT2D eigenvalue weighted by molar-refractivity contribution is -0.167. The maximum Gasteiger partial charge on any atom is 0.417 e. The summed E-state index contributed by atoms with van der Waals surface area (Å²) in [5.74, 6) is -2.59. The van der Waals surface area contributed by atoms with Crippen molar-refractivity contribution in [1.82, 2.24) is 10.6 Å². The average molecular weight is 431 g/mol. The van der Waals surface area contributed by atoms with Crippen LogP contribution in [0.2, 0.25) is 0 Å². The molecule has 0 saturated heterocycles. The summed E-state index contributed by atoms with van der Waals surface area (Å²) in [5, 5.41) is 5.52. The summed E-state index contributed by atoms with van der Waals surface area (Å²) in [6.07, 6.45) is 0.901. The van der Waals surface area contributed by atoms with E-state index in [0.29, 0.717) is 26.2 Å². The highest BCUT2D eigenvalue weighted by Gasteiger charge is 2.19. The molecule has 0 aromatic rings. The van der Waals surface area contributed by atoms with Gasteiger partial charge in [0.1, 0.15) is 0 Å². The van der Waals surface area contributed by atoms with E-state index in [1.165, 1.54) is 0 Å². The van der Waals surface area contributed by atoms with Crippen molar-refractivity contribution in [2.75, 3.05) is 39.4 Å². The van der Waals surface area contributed by atoms with Gasteiger partial charge in [0, 0.05) is 25.9 Å². The fraction of sp³-hybridized carbons (Fsp3) is 0.800. The SMILES string of the molecule is CC(C)(CN)CNC(=O)CCCOC(=O)C(=O)OCCCC(=O)NCC(C)(C)CN. The molecule has 30 heavy (non-hydrogen) atoms. The number of carbonyl (C=O) groups is 4. The van der Waals surface area contributed by atoms with Crippen LogP contribution in [0.25, 0.3) is 0 Å². The number of ether oxygens (including phenoxy) is 2.